The minimum atomic E-state index is -0.477. The fourth-order valence-electron chi connectivity index (χ4n) is 2.12. The molecule has 7 heteroatoms. The van der Waals surface area contributed by atoms with Crippen LogP contribution in [-0.4, -0.2) is 17.7 Å². The van der Waals surface area contributed by atoms with Crippen molar-refractivity contribution >= 4 is 39.2 Å². The molecule has 4 nitrogen and oxygen atoms in total. The number of carbonyl (C=O) groups is 1. The van der Waals surface area contributed by atoms with Crippen molar-refractivity contribution in [2.24, 2.45) is 0 Å². The quantitative estimate of drug-likeness (QED) is 0.630. The van der Waals surface area contributed by atoms with Crippen LogP contribution in [0.2, 0.25) is 0 Å². The third-order valence-electron chi connectivity index (χ3n) is 3.04. The molecular formula is C14H14BrFN2O2S. The van der Waals surface area contributed by atoms with Crippen LogP contribution in [0.25, 0.3) is 0 Å². The lowest BCUT2D eigenvalue weighted by atomic mass is 9.96. The van der Waals surface area contributed by atoms with E-state index in [-0.39, 0.29) is 12.4 Å². The van der Waals surface area contributed by atoms with Gasteiger partial charge in [-0.1, -0.05) is 6.07 Å². The second-order valence-corrected chi connectivity index (χ2v) is 5.73. The number of thiocarbonyl (C=S) groups is 1. The number of benzene rings is 1. The molecule has 0 aliphatic carbocycles. The van der Waals surface area contributed by atoms with Crippen molar-refractivity contribution in [3.05, 3.63) is 45.3 Å². The summed E-state index contributed by atoms with van der Waals surface area (Å²) in [5, 5.41) is 6.33. The first-order chi connectivity index (χ1) is 9.93. The van der Waals surface area contributed by atoms with Gasteiger partial charge in [-0.15, -0.1) is 0 Å². The number of ether oxygens (including phenoxy) is 1. The van der Waals surface area contributed by atoms with Gasteiger partial charge in [0.2, 0.25) is 0 Å². The summed E-state index contributed by atoms with van der Waals surface area (Å²) in [5.74, 6) is -0.795. The maximum atomic E-state index is 13.4. The lowest BCUT2D eigenvalue weighted by Gasteiger charge is -2.29. The Labute approximate surface area is 135 Å². The number of carbonyl (C=O) groups excluding carboxylic acids is 1. The lowest BCUT2D eigenvalue weighted by Crippen LogP contribution is -2.45. The topological polar surface area (TPSA) is 50.4 Å². The molecule has 1 aromatic carbocycles. The van der Waals surface area contributed by atoms with Crippen molar-refractivity contribution < 1.29 is 13.9 Å². The van der Waals surface area contributed by atoms with Gasteiger partial charge in [-0.2, -0.15) is 0 Å². The van der Waals surface area contributed by atoms with E-state index in [1.807, 2.05) is 0 Å². The highest BCUT2D eigenvalue weighted by molar-refractivity contribution is 9.10. The zero-order valence-electron chi connectivity index (χ0n) is 11.5. The molecule has 0 aromatic heterocycles. The lowest BCUT2D eigenvalue weighted by molar-refractivity contribution is -0.139. The first-order valence-electron chi connectivity index (χ1n) is 6.34. The molecule has 1 heterocycles. The highest BCUT2D eigenvalue weighted by Gasteiger charge is 2.31. The number of hydrogen-bond donors (Lipinski definition) is 2. The highest BCUT2D eigenvalue weighted by Crippen LogP contribution is 2.30. The first kappa shape index (κ1) is 15.9. The Morgan fingerprint density at radius 2 is 2.24 bits per heavy atom. The largest absolute Gasteiger partial charge is 0.463 e. The van der Waals surface area contributed by atoms with E-state index >= 15 is 0 Å². The van der Waals surface area contributed by atoms with Crippen LogP contribution in [-0.2, 0) is 9.53 Å². The average Bonchev–Trinajstić information content (AvgIpc) is 2.41. The number of allylic oxidation sites excluding steroid dienone is 1. The van der Waals surface area contributed by atoms with Gasteiger partial charge in [-0.05, 0) is 59.7 Å². The van der Waals surface area contributed by atoms with E-state index in [1.54, 1.807) is 26.0 Å². The highest BCUT2D eigenvalue weighted by atomic mass is 79.9. The second kappa shape index (κ2) is 6.53. The SMILES string of the molecule is CCOC(=O)C1=C(C)NC(=S)N[C@H]1c1ccc(F)c(Br)c1. The van der Waals surface area contributed by atoms with E-state index in [0.29, 0.717) is 20.9 Å². The number of rotatable bonds is 3. The molecule has 0 saturated carbocycles. The summed E-state index contributed by atoms with van der Waals surface area (Å²) < 4.78 is 18.8. The molecule has 1 aliphatic heterocycles. The second-order valence-electron chi connectivity index (χ2n) is 4.46. The molecule has 2 rings (SSSR count). The van der Waals surface area contributed by atoms with Crippen LogP contribution in [0, 0.1) is 5.82 Å². The average molecular weight is 373 g/mol. The van der Waals surface area contributed by atoms with E-state index in [0.717, 1.165) is 5.56 Å². The summed E-state index contributed by atoms with van der Waals surface area (Å²) in [6.45, 7) is 3.77. The Hall–Kier alpha value is -1.47. The molecule has 112 valence electrons. The molecule has 1 atom stereocenters. The fourth-order valence-corrected chi connectivity index (χ4v) is 2.78. The molecule has 1 aromatic rings. The molecule has 1 aliphatic rings. The molecule has 0 bridgehead atoms. The predicted octanol–water partition coefficient (Wildman–Crippen LogP) is 2.94. The van der Waals surface area contributed by atoms with E-state index < -0.39 is 12.0 Å². The summed E-state index contributed by atoms with van der Waals surface area (Å²) in [7, 11) is 0. The van der Waals surface area contributed by atoms with Crippen LogP contribution in [0.1, 0.15) is 25.5 Å². The van der Waals surface area contributed by atoms with Crippen LogP contribution < -0.4 is 10.6 Å². The normalized spacial score (nSPS) is 18.1. The van der Waals surface area contributed by atoms with E-state index in [1.165, 1.54) is 6.07 Å². The molecule has 2 N–H and O–H groups in total. The molecule has 0 spiro atoms. The van der Waals surface area contributed by atoms with Gasteiger partial charge in [0.15, 0.2) is 5.11 Å². The molecule has 0 unspecified atom stereocenters. The van der Waals surface area contributed by atoms with E-state index in [9.17, 15) is 9.18 Å². The van der Waals surface area contributed by atoms with Gasteiger partial charge < -0.3 is 15.4 Å². The molecular weight excluding hydrogens is 359 g/mol. The van der Waals surface area contributed by atoms with E-state index in [2.05, 4.69) is 26.6 Å². The minimum Gasteiger partial charge on any atom is -0.463 e. The summed E-state index contributed by atoms with van der Waals surface area (Å²) >= 11 is 8.28. The van der Waals surface area contributed by atoms with E-state index in [4.69, 9.17) is 17.0 Å². The van der Waals surface area contributed by atoms with Gasteiger partial charge in [-0.3, -0.25) is 0 Å². The van der Waals surface area contributed by atoms with Gasteiger partial charge in [0.05, 0.1) is 22.7 Å². The van der Waals surface area contributed by atoms with Crippen molar-refractivity contribution in [1.82, 2.24) is 10.6 Å². The van der Waals surface area contributed by atoms with Gasteiger partial charge in [0, 0.05) is 5.70 Å². The van der Waals surface area contributed by atoms with Crippen molar-refractivity contribution in [1.29, 1.82) is 0 Å². The molecule has 0 radical (unpaired) electrons. The summed E-state index contributed by atoms with van der Waals surface area (Å²) in [6, 6.07) is 4.09. The zero-order chi connectivity index (χ0) is 15.6. The van der Waals surface area contributed by atoms with Crippen LogP contribution in [0.5, 0.6) is 0 Å². The number of hydrogen-bond acceptors (Lipinski definition) is 3. The molecule has 0 fully saturated rings. The Kier molecular flexibility index (Phi) is 4.95. The third-order valence-corrected chi connectivity index (χ3v) is 3.87. The minimum absolute atomic E-state index is 0.278. The Balaban J connectivity index is 2.46. The summed E-state index contributed by atoms with van der Waals surface area (Å²) in [4.78, 5) is 12.2. The van der Waals surface area contributed by atoms with Crippen LogP contribution in [0.4, 0.5) is 4.39 Å². The predicted molar refractivity (Wildman–Crippen MR) is 85.0 cm³/mol. The van der Waals surface area contributed by atoms with Crippen molar-refractivity contribution in [2.75, 3.05) is 6.61 Å². The Bertz CT molecular complexity index is 633. The van der Waals surface area contributed by atoms with Crippen LogP contribution in [0.3, 0.4) is 0 Å². The number of halogens is 2. The van der Waals surface area contributed by atoms with Crippen LogP contribution in [0.15, 0.2) is 33.9 Å². The third kappa shape index (κ3) is 3.41. The van der Waals surface area contributed by atoms with Gasteiger partial charge >= 0.3 is 5.97 Å². The van der Waals surface area contributed by atoms with Crippen molar-refractivity contribution in [3.8, 4) is 0 Å². The standard InChI is InChI=1S/C14H14BrFN2O2S/c1-3-20-13(19)11-7(2)17-14(21)18-12(11)8-4-5-10(16)9(15)6-8/h4-6,12H,3H2,1-2H3,(H2,17,18,21)/t12-/m0/s1. The Morgan fingerprint density at radius 3 is 2.86 bits per heavy atom. The van der Waals surface area contributed by atoms with Crippen molar-refractivity contribution in [3.63, 3.8) is 0 Å². The monoisotopic (exact) mass is 372 g/mol. The van der Waals surface area contributed by atoms with Gasteiger partial charge in [0.25, 0.3) is 0 Å². The molecule has 0 saturated heterocycles. The first-order valence-corrected chi connectivity index (χ1v) is 7.54. The molecule has 21 heavy (non-hydrogen) atoms. The zero-order valence-corrected chi connectivity index (χ0v) is 13.9. The van der Waals surface area contributed by atoms with Crippen molar-refractivity contribution in [2.45, 2.75) is 19.9 Å². The number of nitrogens with one attached hydrogen (secondary N) is 2. The fraction of sp³-hybridized carbons (Fsp3) is 0.286. The summed E-state index contributed by atoms with van der Waals surface area (Å²) in [6.07, 6.45) is 0. The maximum absolute atomic E-state index is 13.4. The summed E-state index contributed by atoms with van der Waals surface area (Å²) in [5.41, 5.74) is 1.78. The smallest absolute Gasteiger partial charge is 0.338 e. The van der Waals surface area contributed by atoms with Crippen LogP contribution >= 0.6 is 28.1 Å². The Morgan fingerprint density at radius 1 is 1.52 bits per heavy atom. The molecule has 0 amide bonds. The number of esters is 1. The van der Waals surface area contributed by atoms with Gasteiger partial charge in [0.1, 0.15) is 5.82 Å². The maximum Gasteiger partial charge on any atom is 0.338 e. The van der Waals surface area contributed by atoms with Gasteiger partial charge in [-0.25, -0.2) is 9.18 Å².